The van der Waals surface area contributed by atoms with Crippen LogP contribution in [0.3, 0.4) is 0 Å². The number of nitrogens with zero attached hydrogens (tertiary/aromatic N) is 2. The number of carbonyl (C=O) groups excluding carboxylic acids is 2. The van der Waals surface area contributed by atoms with Gasteiger partial charge in [-0.25, -0.2) is 0 Å². The van der Waals surface area contributed by atoms with Gasteiger partial charge in [-0.2, -0.15) is 0 Å². The predicted molar refractivity (Wildman–Crippen MR) is 72.0 cm³/mol. The summed E-state index contributed by atoms with van der Waals surface area (Å²) in [5, 5.41) is 0. The van der Waals surface area contributed by atoms with Crippen molar-refractivity contribution in [1.29, 1.82) is 0 Å². The van der Waals surface area contributed by atoms with Gasteiger partial charge in [-0.3, -0.25) is 9.59 Å². The fourth-order valence-corrected chi connectivity index (χ4v) is 2.52. The fourth-order valence-electron chi connectivity index (χ4n) is 2.52. The van der Waals surface area contributed by atoms with Gasteiger partial charge in [0.15, 0.2) is 0 Å². The van der Waals surface area contributed by atoms with Gasteiger partial charge < -0.3 is 9.80 Å². The summed E-state index contributed by atoms with van der Waals surface area (Å²) in [5.41, 5.74) is 0. The topological polar surface area (TPSA) is 40.6 Å². The molecule has 0 N–H and O–H groups in total. The Balaban J connectivity index is 2.88. The Morgan fingerprint density at radius 3 is 1.33 bits per heavy atom. The van der Waals surface area contributed by atoms with Gasteiger partial charge in [-0.05, 0) is 24.7 Å². The van der Waals surface area contributed by atoms with Crippen LogP contribution in [-0.4, -0.2) is 47.8 Å². The van der Waals surface area contributed by atoms with Crippen LogP contribution >= 0.6 is 0 Å². The number of likely N-dealkylation sites (N-methyl/N-ethyl adjacent to an activating group) is 2. The van der Waals surface area contributed by atoms with Crippen molar-refractivity contribution in [2.24, 2.45) is 11.8 Å². The highest BCUT2D eigenvalue weighted by Gasteiger charge is 2.42. The van der Waals surface area contributed by atoms with E-state index in [-0.39, 0.29) is 23.9 Å². The van der Waals surface area contributed by atoms with E-state index in [1.807, 2.05) is 0 Å². The van der Waals surface area contributed by atoms with E-state index in [1.165, 1.54) is 0 Å². The summed E-state index contributed by atoms with van der Waals surface area (Å²) in [4.78, 5) is 28.0. The average Bonchev–Trinajstić information content (AvgIpc) is 2.27. The highest BCUT2D eigenvalue weighted by Crippen LogP contribution is 2.24. The molecule has 1 rings (SSSR count). The molecule has 104 valence electrons. The molecule has 0 aromatic carbocycles. The molecule has 0 saturated carbocycles. The maximum Gasteiger partial charge on any atom is 0.245 e. The van der Waals surface area contributed by atoms with Crippen molar-refractivity contribution in [3.63, 3.8) is 0 Å². The monoisotopic (exact) mass is 254 g/mol. The summed E-state index contributed by atoms with van der Waals surface area (Å²) in [5.74, 6) is 0.974. The minimum atomic E-state index is -0.286. The summed E-state index contributed by atoms with van der Waals surface area (Å²) in [6, 6.07) is -0.572. The maximum atomic E-state index is 12.3. The number of carbonyl (C=O) groups is 2. The third-order valence-corrected chi connectivity index (χ3v) is 3.59. The standard InChI is InChI=1S/C14H26N2O2/c1-9(2)7-11-13(17)16(6)12(8-10(3)4)14(18)15(11)5/h9-12H,7-8H2,1-6H3/t11-,12+. The van der Waals surface area contributed by atoms with Crippen LogP contribution in [-0.2, 0) is 9.59 Å². The molecule has 1 aliphatic heterocycles. The van der Waals surface area contributed by atoms with Crippen molar-refractivity contribution in [2.75, 3.05) is 14.1 Å². The van der Waals surface area contributed by atoms with Crippen LogP contribution in [0, 0.1) is 11.8 Å². The van der Waals surface area contributed by atoms with E-state index in [2.05, 4.69) is 27.7 Å². The summed E-state index contributed by atoms with van der Waals surface area (Å²) in [7, 11) is 3.52. The molecule has 0 unspecified atom stereocenters. The zero-order chi connectivity index (χ0) is 14.0. The number of piperazine rings is 1. The lowest BCUT2D eigenvalue weighted by Crippen LogP contribution is -2.62. The predicted octanol–water partition coefficient (Wildman–Crippen LogP) is 1.75. The fraction of sp³-hybridized carbons (Fsp3) is 0.857. The first-order chi connectivity index (χ1) is 8.25. The molecule has 2 atom stereocenters. The van der Waals surface area contributed by atoms with E-state index in [0.29, 0.717) is 11.8 Å². The van der Waals surface area contributed by atoms with Crippen molar-refractivity contribution >= 4 is 11.8 Å². The first-order valence-electron chi connectivity index (χ1n) is 6.79. The lowest BCUT2D eigenvalue weighted by Gasteiger charge is -2.43. The highest BCUT2D eigenvalue weighted by atomic mass is 16.2. The van der Waals surface area contributed by atoms with E-state index in [0.717, 1.165) is 12.8 Å². The third-order valence-electron chi connectivity index (χ3n) is 3.59. The van der Waals surface area contributed by atoms with Crippen LogP contribution in [0.1, 0.15) is 40.5 Å². The molecule has 18 heavy (non-hydrogen) atoms. The average molecular weight is 254 g/mol. The van der Waals surface area contributed by atoms with Gasteiger partial charge in [0.25, 0.3) is 0 Å². The zero-order valence-corrected chi connectivity index (χ0v) is 12.4. The molecule has 0 aliphatic carbocycles. The molecule has 4 heteroatoms. The van der Waals surface area contributed by atoms with Crippen LogP contribution in [0.5, 0.6) is 0 Å². The van der Waals surface area contributed by atoms with Crippen molar-refractivity contribution in [3.05, 3.63) is 0 Å². The first-order valence-corrected chi connectivity index (χ1v) is 6.79. The highest BCUT2D eigenvalue weighted by molar-refractivity contribution is 5.96. The molecule has 1 fully saturated rings. The smallest absolute Gasteiger partial charge is 0.245 e. The Hall–Kier alpha value is -1.06. The van der Waals surface area contributed by atoms with E-state index in [1.54, 1.807) is 23.9 Å². The lowest BCUT2D eigenvalue weighted by molar-refractivity contribution is -0.159. The quantitative estimate of drug-likeness (QED) is 0.767. The van der Waals surface area contributed by atoms with E-state index in [9.17, 15) is 9.59 Å². The van der Waals surface area contributed by atoms with Crippen LogP contribution < -0.4 is 0 Å². The third kappa shape index (κ3) is 3.03. The Morgan fingerprint density at radius 2 is 1.11 bits per heavy atom. The van der Waals surface area contributed by atoms with Crippen molar-refractivity contribution in [3.8, 4) is 0 Å². The van der Waals surface area contributed by atoms with Gasteiger partial charge in [0.1, 0.15) is 12.1 Å². The Labute approximate surface area is 110 Å². The van der Waals surface area contributed by atoms with Gasteiger partial charge in [0, 0.05) is 14.1 Å². The number of hydrogen-bond acceptors (Lipinski definition) is 2. The summed E-state index contributed by atoms with van der Waals surface area (Å²) in [6.07, 6.45) is 1.47. The molecule has 0 aromatic rings. The van der Waals surface area contributed by atoms with Gasteiger partial charge in [0.05, 0.1) is 0 Å². The molecule has 0 aromatic heterocycles. The largest absolute Gasteiger partial charge is 0.332 e. The summed E-state index contributed by atoms with van der Waals surface area (Å²) in [6.45, 7) is 8.30. The molecule has 1 aliphatic rings. The lowest BCUT2D eigenvalue weighted by atomic mass is 9.93. The SMILES string of the molecule is CC(C)C[C@@H]1C(=O)N(C)[C@@H](CC(C)C)C(=O)N1C. The Kier molecular flexibility index (Phi) is 4.77. The number of amides is 2. The molecule has 1 saturated heterocycles. The number of rotatable bonds is 4. The second kappa shape index (κ2) is 5.72. The molecule has 0 spiro atoms. The second-order valence-electron chi connectivity index (χ2n) is 6.19. The molecule has 0 radical (unpaired) electrons. The van der Waals surface area contributed by atoms with Gasteiger partial charge in [-0.15, -0.1) is 0 Å². The molecule has 2 amide bonds. The first kappa shape index (κ1) is 15.0. The van der Waals surface area contributed by atoms with E-state index < -0.39 is 0 Å². The normalized spacial score (nSPS) is 25.6. The van der Waals surface area contributed by atoms with Crippen molar-refractivity contribution in [2.45, 2.75) is 52.6 Å². The Morgan fingerprint density at radius 1 is 0.833 bits per heavy atom. The second-order valence-corrected chi connectivity index (χ2v) is 6.19. The van der Waals surface area contributed by atoms with Gasteiger partial charge >= 0.3 is 0 Å². The van der Waals surface area contributed by atoms with Crippen LogP contribution in [0.15, 0.2) is 0 Å². The molecular weight excluding hydrogens is 228 g/mol. The van der Waals surface area contributed by atoms with Gasteiger partial charge in [-0.1, -0.05) is 27.7 Å². The summed E-state index contributed by atoms with van der Waals surface area (Å²) >= 11 is 0. The molecule has 4 nitrogen and oxygen atoms in total. The van der Waals surface area contributed by atoms with Crippen molar-refractivity contribution in [1.82, 2.24) is 9.80 Å². The van der Waals surface area contributed by atoms with E-state index in [4.69, 9.17) is 0 Å². The minimum absolute atomic E-state index is 0.0800. The van der Waals surface area contributed by atoms with E-state index >= 15 is 0 Å². The van der Waals surface area contributed by atoms with Crippen LogP contribution in [0.25, 0.3) is 0 Å². The number of hydrogen-bond donors (Lipinski definition) is 0. The van der Waals surface area contributed by atoms with Crippen LogP contribution in [0.2, 0.25) is 0 Å². The minimum Gasteiger partial charge on any atom is -0.332 e. The molecule has 0 bridgehead atoms. The summed E-state index contributed by atoms with van der Waals surface area (Å²) < 4.78 is 0. The van der Waals surface area contributed by atoms with Crippen molar-refractivity contribution < 1.29 is 9.59 Å². The van der Waals surface area contributed by atoms with Gasteiger partial charge in [0.2, 0.25) is 11.8 Å². The molecular formula is C14H26N2O2. The Bertz CT molecular complexity index is 294. The molecule has 1 heterocycles. The van der Waals surface area contributed by atoms with Crippen LogP contribution in [0.4, 0.5) is 0 Å². The maximum absolute atomic E-state index is 12.3. The zero-order valence-electron chi connectivity index (χ0n) is 12.4.